The van der Waals surface area contributed by atoms with Crippen molar-refractivity contribution < 1.29 is 23.4 Å². The van der Waals surface area contributed by atoms with E-state index in [1.807, 2.05) is 0 Å². The topological polar surface area (TPSA) is 56.8 Å². The standard InChI is InChI=1S/C18H17ClFNO4/c1-23-15-8-11(9-16(24-2)18(15)25-3)4-7-17(22)21-12-5-6-14(20)13(19)10-12/h4-10H,1-3H3,(H,21,22)/b7-4+. The number of hydrogen-bond donors (Lipinski definition) is 1. The van der Waals surface area contributed by atoms with Crippen LogP contribution in [0.1, 0.15) is 5.56 Å². The maximum absolute atomic E-state index is 13.1. The maximum Gasteiger partial charge on any atom is 0.248 e. The molecule has 0 unspecified atom stereocenters. The molecule has 1 N–H and O–H groups in total. The lowest BCUT2D eigenvalue weighted by molar-refractivity contribution is -0.111. The van der Waals surface area contributed by atoms with E-state index in [0.29, 0.717) is 28.5 Å². The lowest BCUT2D eigenvalue weighted by atomic mass is 10.1. The van der Waals surface area contributed by atoms with Crippen LogP contribution in [0, 0.1) is 5.82 Å². The molecule has 0 atom stereocenters. The molecule has 0 radical (unpaired) electrons. The van der Waals surface area contributed by atoms with Gasteiger partial charge in [0.1, 0.15) is 5.82 Å². The molecule has 1 amide bonds. The highest BCUT2D eigenvalue weighted by atomic mass is 35.5. The van der Waals surface area contributed by atoms with Gasteiger partial charge in [0.15, 0.2) is 11.5 Å². The molecular formula is C18H17ClFNO4. The number of ether oxygens (including phenoxy) is 3. The molecule has 2 rings (SSSR count). The molecule has 2 aromatic rings. The van der Waals surface area contributed by atoms with Gasteiger partial charge in [-0.3, -0.25) is 4.79 Å². The van der Waals surface area contributed by atoms with Gasteiger partial charge < -0.3 is 19.5 Å². The summed E-state index contributed by atoms with van der Waals surface area (Å²) in [5.74, 6) is 0.482. The Hall–Kier alpha value is -2.73. The minimum atomic E-state index is -0.548. The number of amides is 1. The lowest BCUT2D eigenvalue weighted by Crippen LogP contribution is -2.07. The fraction of sp³-hybridized carbons (Fsp3) is 0.167. The second-order valence-electron chi connectivity index (χ2n) is 4.91. The third kappa shape index (κ3) is 4.64. The van der Waals surface area contributed by atoms with Crippen LogP contribution in [0.2, 0.25) is 5.02 Å². The Morgan fingerprint density at radius 2 is 1.72 bits per heavy atom. The van der Waals surface area contributed by atoms with Crippen LogP contribution < -0.4 is 19.5 Å². The molecule has 0 spiro atoms. The Morgan fingerprint density at radius 3 is 2.24 bits per heavy atom. The summed E-state index contributed by atoms with van der Waals surface area (Å²) in [6.07, 6.45) is 2.92. The number of benzene rings is 2. The molecule has 0 saturated carbocycles. The third-order valence-electron chi connectivity index (χ3n) is 3.30. The van der Waals surface area contributed by atoms with Gasteiger partial charge in [0.2, 0.25) is 11.7 Å². The summed E-state index contributed by atoms with van der Waals surface area (Å²) < 4.78 is 28.9. The summed E-state index contributed by atoms with van der Waals surface area (Å²) in [6, 6.07) is 7.36. The first-order chi connectivity index (χ1) is 12.0. The molecule has 0 heterocycles. The first-order valence-corrected chi connectivity index (χ1v) is 7.60. The monoisotopic (exact) mass is 365 g/mol. The lowest BCUT2D eigenvalue weighted by Gasteiger charge is -2.12. The van der Waals surface area contributed by atoms with Gasteiger partial charge in [-0.1, -0.05) is 11.6 Å². The molecular weight excluding hydrogens is 349 g/mol. The van der Waals surface area contributed by atoms with Gasteiger partial charge in [0, 0.05) is 11.8 Å². The number of rotatable bonds is 6. The fourth-order valence-corrected chi connectivity index (χ4v) is 2.31. The number of carbonyl (C=O) groups excluding carboxylic acids is 1. The first-order valence-electron chi connectivity index (χ1n) is 7.22. The highest BCUT2D eigenvalue weighted by molar-refractivity contribution is 6.31. The number of halogens is 2. The zero-order valence-corrected chi connectivity index (χ0v) is 14.7. The fourth-order valence-electron chi connectivity index (χ4n) is 2.13. The summed E-state index contributed by atoms with van der Waals surface area (Å²) in [7, 11) is 4.53. The van der Waals surface area contributed by atoms with Crippen molar-refractivity contribution in [3.8, 4) is 17.2 Å². The Balaban J connectivity index is 2.17. The van der Waals surface area contributed by atoms with E-state index in [4.69, 9.17) is 25.8 Å². The SMILES string of the molecule is COc1cc(/C=C/C(=O)Nc2ccc(F)c(Cl)c2)cc(OC)c1OC. The molecule has 0 bridgehead atoms. The molecule has 0 aliphatic rings. The van der Waals surface area contributed by atoms with E-state index in [2.05, 4.69) is 5.32 Å². The van der Waals surface area contributed by atoms with E-state index >= 15 is 0 Å². The van der Waals surface area contributed by atoms with E-state index in [-0.39, 0.29) is 5.02 Å². The minimum Gasteiger partial charge on any atom is -0.493 e. The maximum atomic E-state index is 13.1. The molecule has 132 valence electrons. The summed E-state index contributed by atoms with van der Waals surface area (Å²) in [4.78, 5) is 12.0. The van der Waals surface area contributed by atoms with Crippen molar-refractivity contribution in [3.05, 3.63) is 52.8 Å². The molecule has 2 aromatic carbocycles. The van der Waals surface area contributed by atoms with E-state index in [9.17, 15) is 9.18 Å². The molecule has 5 nitrogen and oxygen atoms in total. The molecule has 0 aromatic heterocycles. The largest absolute Gasteiger partial charge is 0.493 e. The van der Waals surface area contributed by atoms with Crippen molar-refractivity contribution >= 4 is 29.3 Å². The van der Waals surface area contributed by atoms with Gasteiger partial charge in [0.25, 0.3) is 0 Å². The van der Waals surface area contributed by atoms with Crippen molar-refractivity contribution in [1.82, 2.24) is 0 Å². The van der Waals surface area contributed by atoms with Crippen LogP contribution in [-0.2, 0) is 4.79 Å². The normalized spacial score (nSPS) is 10.6. The van der Waals surface area contributed by atoms with E-state index in [1.54, 1.807) is 18.2 Å². The Kier molecular flexibility index (Phi) is 6.25. The second-order valence-corrected chi connectivity index (χ2v) is 5.32. The average molecular weight is 366 g/mol. The Labute approximate surface area is 150 Å². The summed E-state index contributed by atoms with van der Waals surface area (Å²) in [6.45, 7) is 0. The van der Waals surface area contributed by atoms with Crippen molar-refractivity contribution in [3.63, 3.8) is 0 Å². The van der Waals surface area contributed by atoms with Gasteiger partial charge in [-0.25, -0.2) is 4.39 Å². The second kappa shape index (κ2) is 8.39. The number of carbonyl (C=O) groups is 1. The minimum absolute atomic E-state index is 0.0635. The van der Waals surface area contributed by atoms with Crippen molar-refractivity contribution in [2.24, 2.45) is 0 Å². The molecule has 0 aliphatic heterocycles. The quantitative estimate of drug-likeness (QED) is 0.781. The van der Waals surface area contributed by atoms with Crippen LogP contribution in [0.4, 0.5) is 10.1 Å². The van der Waals surface area contributed by atoms with Crippen LogP contribution >= 0.6 is 11.6 Å². The molecule has 7 heteroatoms. The zero-order chi connectivity index (χ0) is 18.4. The molecule has 0 fully saturated rings. The predicted molar refractivity (Wildman–Crippen MR) is 95.2 cm³/mol. The highest BCUT2D eigenvalue weighted by Crippen LogP contribution is 2.38. The van der Waals surface area contributed by atoms with Crippen molar-refractivity contribution in [2.75, 3.05) is 26.6 Å². The van der Waals surface area contributed by atoms with Crippen LogP contribution in [0.25, 0.3) is 6.08 Å². The van der Waals surface area contributed by atoms with Crippen LogP contribution in [0.15, 0.2) is 36.4 Å². The Morgan fingerprint density at radius 1 is 1.08 bits per heavy atom. The van der Waals surface area contributed by atoms with E-state index < -0.39 is 11.7 Å². The predicted octanol–water partition coefficient (Wildman–Crippen LogP) is 4.16. The highest BCUT2D eigenvalue weighted by Gasteiger charge is 2.12. The average Bonchev–Trinajstić information content (AvgIpc) is 2.62. The summed E-state index contributed by atoms with van der Waals surface area (Å²) in [5.41, 5.74) is 1.08. The number of anilines is 1. The van der Waals surface area contributed by atoms with Crippen LogP contribution in [0.5, 0.6) is 17.2 Å². The van der Waals surface area contributed by atoms with E-state index in [1.165, 1.54) is 45.6 Å². The van der Waals surface area contributed by atoms with Gasteiger partial charge in [-0.2, -0.15) is 0 Å². The van der Waals surface area contributed by atoms with Gasteiger partial charge >= 0.3 is 0 Å². The smallest absolute Gasteiger partial charge is 0.248 e. The van der Waals surface area contributed by atoms with Crippen LogP contribution in [-0.4, -0.2) is 27.2 Å². The van der Waals surface area contributed by atoms with Crippen LogP contribution in [0.3, 0.4) is 0 Å². The first kappa shape index (κ1) is 18.6. The number of methoxy groups -OCH3 is 3. The van der Waals surface area contributed by atoms with Gasteiger partial charge in [0.05, 0.1) is 26.4 Å². The number of nitrogens with one attached hydrogen (secondary N) is 1. The van der Waals surface area contributed by atoms with Crippen molar-refractivity contribution in [1.29, 1.82) is 0 Å². The summed E-state index contributed by atoms with van der Waals surface area (Å²) in [5, 5.41) is 2.53. The third-order valence-corrected chi connectivity index (χ3v) is 3.59. The van der Waals surface area contributed by atoms with Gasteiger partial charge in [-0.15, -0.1) is 0 Å². The number of hydrogen-bond acceptors (Lipinski definition) is 4. The Bertz CT molecular complexity index is 783. The molecule has 25 heavy (non-hydrogen) atoms. The van der Waals surface area contributed by atoms with Crippen molar-refractivity contribution in [2.45, 2.75) is 0 Å². The molecule has 0 aliphatic carbocycles. The van der Waals surface area contributed by atoms with Gasteiger partial charge in [-0.05, 0) is 42.0 Å². The molecule has 0 saturated heterocycles. The summed E-state index contributed by atoms with van der Waals surface area (Å²) >= 11 is 5.68. The van der Waals surface area contributed by atoms with E-state index in [0.717, 1.165) is 0 Å². The zero-order valence-electron chi connectivity index (χ0n) is 13.9.